The van der Waals surface area contributed by atoms with Crippen LogP contribution in [0, 0.1) is 0 Å². The van der Waals surface area contributed by atoms with Crippen molar-refractivity contribution in [2.75, 3.05) is 34.9 Å². The van der Waals surface area contributed by atoms with Crippen molar-refractivity contribution in [3.63, 3.8) is 0 Å². The Bertz CT molecular complexity index is 193. The Morgan fingerprint density at radius 2 is 2.00 bits per heavy atom. The molecule has 0 aliphatic carbocycles. The molecule has 0 aromatic rings. The number of ether oxygens (including phenoxy) is 1. The van der Waals surface area contributed by atoms with Crippen molar-refractivity contribution < 1.29 is 19.2 Å². The van der Waals surface area contributed by atoms with Crippen LogP contribution in [0.3, 0.4) is 0 Å². The molecule has 0 aromatic carbocycles. The van der Waals surface area contributed by atoms with Crippen LogP contribution in [-0.2, 0) is 14.0 Å². The number of hydrogen-bond acceptors (Lipinski definition) is 6. The van der Waals surface area contributed by atoms with Gasteiger partial charge in [0, 0.05) is 0 Å². The fraction of sp³-hybridized carbons (Fsp3) is 1.00. The van der Waals surface area contributed by atoms with Crippen molar-refractivity contribution in [3.05, 3.63) is 0 Å². The summed E-state index contributed by atoms with van der Waals surface area (Å²) in [5, 5.41) is 9.77. The third-order valence-corrected chi connectivity index (χ3v) is 1.99. The SMILES string of the molecule is CN(C)CO[C@@H]1O[B]O[C@H]1C(O)N(C)C. The summed E-state index contributed by atoms with van der Waals surface area (Å²) in [6.07, 6.45) is -1.83. The van der Waals surface area contributed by atoms with Crippen molar-refractivity contribution in [2.45, 2.75) is 18.6 Å². The van der Waals surface area contributed by atoms with Gasteiger partial charge in [0.25, 0.3) is 0 Å². The van der Waals surface area contributed by atoms with E-state index in [1.807, 2.05) is 19.0 Å². The van der Waals surface area contributed by atoms with Gasteiger partial charge in [-0.25, -0.2) is 0 Å². The number of aliphatic hydroxyl groups excluding tert-OH is 1. The highest BCUT2D eigenvalue weighted by atomic mass is 16.8. The van der Waals surface area contributed by atoms with Gasteiger partial charge in [0.05, 0.1) is 0 Å². The Hall–Kier alpha value is -0.175. The first-order chi connectivity index (χ1) is 7.02. The van der Waals surface area contributed by atoms with Crippen LogP contribution >= 0.6 is 0 Å². The topological polar surface area (TPSA) is 54.4 Å². The zero-order valence-electron chi connectivity index (χ0n) is 9.58. The summed E-state index contributed by atoms with van der Waals surface area (Å²) >= 11 is 0. The monoisotopic (exact) mass is 217 g/mol. The minimum Gasteiger partial charge on any atom is -0.402 e. The van der Waals surface area contributed by atoms with Crippen LogP contribution in [0.5, 0.6) is 0 Å². The van der Waals surface area contributed by atoms with E-state index in [1.54, 1.807) is 19.0 Å². The van der Waals surface area contributed by atoms with E-state index in [4.69, 9.17) is 14.0 Å². The fourth-order valence-corrected chi connectivity index (χ4v) is 1.15. The second-order valence-electron chi connectivity index (χ2n) is 3.95. The van der Waals surface area contributed by atoms with Crippen LogP contribution in [-0.4, -0.2) is 76.1 Å². The highest BCUT2D eigenvalue weighted by Crippen LogP contribution is 2.17. The minimum atomic E-state index is -0.754. The predicted octanol–water partition coefficient (Wildman–Crippen LogP) is -1.32. The first-order valence-electron chi connectivity index (χ1n) is 4.76. The zero-order valence-corrected chi connectivity index (χ0v) is 9.58. The first kappa shape index (κ1) is 12.9. The summed E-state index contributed by atoms with van der Waals surface area (Å²) in [4.78, 5) is 3.50. The Morgan fingerprint density at radius 1 is 1.33 bits per heavy atom. The van der Waals surface area contributed by atoms with Crippen LogP contribution in [0.1, 0.15) is 0 Å². The molecule has 1 N–H and O–H groups in total. The average Bonchev–Trinajstić information content (AvgIpc) is 2.60. The second kappa shape index (κ2) is 5.79. The van der Waals surface area contributed by atoms with Gasteiger partial charge in [-0.05, 0) is 28.2 Å². The van der Waals surface area contributed by atoms with Crippen molar-refractivity contribution in [1.29, 1.82) is 0 Å². The van der Waals surface area contributed by atoms with Crippen molar-refractivity contribution in [2.24, 2.45) is 0 Å². The van der Waals surface area contributed by atoms with Crippen LogP contribution in [0.2, 0.25) is 0 Å². The minimum absolute atomic E-state index is 0.415. The van der Waals surface area contributed by atoms with Gasteiger partial charge in [-0.1, -0.05) is 0 Å². The van der Waals surface area contributed by atoms with Crippen LogP contribution in [0.25, 0.3) is 0 Å². The average molecular weight is 217 g/mol. The van der Waals surface area contributed by atoms with E-state index in [0.29, 0.717) is 6.73 Å². The summed E-state index contributed by atoms with van der Waals surface area (Å²) in [5.74, 6) is 0. The molecule has 3 atom stereocenters. The summed E-state index contributed by atoms with van der Waals surface area (Å²) in [5.41, 5.74) is 0. The quantitative estimate of drug-likeness (QED) is 0.455. The summed E-state index contributed by atoms with van der Waals surface area (Å²) in [6.45, 7) is 0.415. The molecule has 1 saturated heterocycles. The lowest BCUT2D eigenvalue weighted by atomic mass is 10.3. The zero-order chi connectivity index (χ0) is 11.4. The molecular weight excluding hydrogens is 199 g/mol. The summed E-state index contributed by atoms with van der Waals surface area (Å²) in [6, 6.07) is 0. The second-order valence-corrected chi connectivity index (χ2v) is 3.95. The summed E-state index contributed by atoms with van der Waals surface area (Å²) < 4.78 is 15.7. The molecule has 1 aliphatic heterocycles. The normalized spacial score (nSPS) is 28.5. The number of rotatable bonds is 5. The molecule has 1 unspecified atom stereocenters. The highest BCUT2D eigenvalue weighted by Gasteiger charge is 2.37. The molecule has 87 valence electrons. The number of aliphatic hydroxyl groups is 1. The molecule has 1 fully saturated rings. The number of hydrogen-bond donors (Lipinski definition) is 1. The van der Waals surface area contributed by atoms with Gasteiger partial charge >= 0.3 is 7.69 Å². The molecule has 0 amide bonds. The van der Waals surface area contributed by atoms with Crippen molar-refractivity contribution in [3.8, 4) is 0 Å². The lowest BCUT2D eigenvalue weighted by molar-refractivity contribution is -0.165. The largest absolute Gasteiger partial charge is 0.490 e. The molecule has 7 heteroatoms. The van der Waals surface area contributed by atoms with Crippen LogP contribution < -0.4 is 0 Å². The molecular formula is C8H18BN2O4. The van der Waals surface area contributed by atoms with Gasteiger partial charge in [-0.3, -0.25) is 9.80 Å². The number of nitrogens with zero attached hydrogens (tertiary/aromatic N) is 2. The van der Waals surface area contributed by atoms with Gasteiger partial charge in [0.2, 0.25) is 0 Å². The molecule has 15 heavy (non-hydrogen) atoms. The Morgan fingerprint density at radius 3 is 2.53 bits per heavy atom. The lowest BCUT2D eigenvalue weighted by Gasteiger charge is -2.28. The molecule has 1 radical (unpaired) electrons. The summed E-state index contributed by atoms with van der Waals surface area (Å²) in [7, 11) is 8.50. The Balaban J connectivity index is 2.42. The standard InChI is InChI=1S/C8H18BN2O4/c1-10(2)5-13-8-6(14-9-15-8)7(12)11(3)4/h6-8,12H,5H2,1-4H3/t6-,7?,8+/m0/s1. The van der Waals surface area contributed by atoms with Gasteiger partial charge in [0.1, 0.15) is 19.1 Å². The molecule has 6 nitrogen and oxygen atoms in total. The van der Waals surface area contributed by atoms with E-state index < -0.39 is 18.6 Å². The molecule has 1 aliphatic rings. The van der Waals surface area contributed by atoms with E-state index >= 15 is 0 Å². The van der Waals surface area contributed by atoms with E-state index in [0.717, 1.165) is 0 Å². The van der Waals surface area contributed by atoms with E-state index in [2.05, 4.69) is 0 Å². The lowest BCUT2D eigenvalue weighted by Crippen LogP contribution is -2.45. The molecule has 0 bridgehead atoms. The van der Waals surface area contributed by atoms with E-state index in [1.165, 1.54) is 7.69 Å². The Labute approximate surface area is 91.0 Å². The third-order valence-electron chi connectivity index (χ3n) is 1.99. The van der Waals surface area contributed by atoms with Crippen LogP contribution in [0.4, 0.5) is 0 Å². The molecule has 0 saturated carbocycles. The van der Waals surface area contributed by atoms with Gasteiger partial charge < -0.3 is 19.2 Å². The molecule has 0 aromatic heterocycles. The predicted molar refractivity (Wildman–Crippen MR) is 54.8 cm³/mol. The van der Waals surface area contributed by atoms with Crippen molar-refractivity contribution >= 4 is 7.69 Å². The van der Waals surface area contributed by atoms with Crippen molar-refractivity contribution in [1.82, 2.24) is 9.80 Å². The van der Waals surface area contributed by atoms with Gasteiger partial charge in [0.15, 0.2) is 6.29 Å². The van der Waals surface area contributed by atoms with E-state index in [-0.39, 0.29) is 0 Å². The Kier molecular flexibility index (Phi) is 4.97. The maximum Gasteiger partial charge on any atom is 0.490 e. The van der Waals surface area contributed by atoms with Gasteiger partial charge in [-0.2, -0.15) is 0 Å². The molecule has 1 heterocycles. The van der Waals surface area contributed by atoms with Gasteiger partial charge in [-0.15, -0.1) is 0 Å². The number of likely N-dealkylation sites (N-methyl/N-ethyl adjacent to an activating group) is 1. The third kappa shape index (κ3) is 3.71. The first-order valence-corrected chi connectivity index (χ1v) is 4.76. The van der Waals surface area contributed by atoms with E-state index in [9.17, 15) is 5.11 Å². The smallest absolute Gasteiger partial charge is 0.402 e. The molecule has 1 rings (SSSR count). The maximum atomic E-state index is 9.77. The fourth-order valence-electron chi connectivity index (χ4n) is 1.15. The van der Waals surface area contributed by atoms with Crippen LogP contribution in [0.15, 0.2) is 0 Å². The highest BCUT2D eigenvalue weighted by molar-refractivity contribution is 6.19. The molecule has 0 spiro atoms. The maximum absolute atomic E-state index is 9.77.